The van der Waals surface area contributed by atoms with Crippen molar-refractivity contribution in [2.45, 2.75) is 38.2 Å². The second-order valence-electron chi connectivity index (χ2n) is 5.18. The molecule has 1 amide bonds. The van der Waals surface area contributed by atoms with Gasteiger partial charge in [0, 0.05) is 17.8 Å². The predicted molar refractivity (Wildman–Crippen MR) is 80.4 cm³/mol. The fourth-order valence-electron chi connectivity index (χ4n) is 2.39. The molecule has 2 rings (SSSR count). The van der Waals surface area contributed by atoms with Crippen LogP contribution in [0.2, 0.25) is 0 Å². The molecule has 0 saturated carbocycles. The Bertz CT molecular complexity index is 460. The van der Waals surface area contributed by atoms with E-state index >= 15 is 0 Å². The molecule has 1 N–H and O–H groups in total. The summed E-state index contributed by atoms with van der Waals surface area (Å²) in [5.74, 6) is -0.955. The van der Waals surface area contributed by atoms with Crippen molar-refractivity contribution in [2.75, 3.05) is 19.7 Å². The molecule has 1 saturated heterocycles. The predicted octanol–water partition coefficient (Wildman–Crippen LogP) is 2.16. The summed E-state index contributed by atoms with van der Waals surface area (Å²) in [6, 6.07) is 4.19. The maximum absolute atomic E-state index is 12.0. The maximum Gasteiger partial charge on any atom is 0.334 e. The topological polar surface area (TPSA) is 66.8 Å². The molecule has 1 atom stereocenters. The van der Waals surface area contributed by atoms with Gasteiger partial charge in [0.25, 0.3) is 0 Å². The molecule has 0 radical (unpaired) electrons. The highest BCUT2D eigenvalue weighted by atomic mass is 32.1. The first-order valence-electron chi connectivity index (χ1n) is 7.31. The van der Waals surface area contributed by atoms with Crippen molar-refractivity contribution in [2.24, 2.45) is 0 Å². The molecule has 2 heterocycles. The molecule has 1 aliphatic rings. The SMILES string of the molecule is O=C(O)C1CN(C(=O)CCCCCc2cccs2)CCO1. The van der Waals surface area contributed by atoms with Crippen LogP contribution in [0.3, 0.4) is 0 Å². The number of ether oxygens (including phenoxy) is 1. The van der Waals surface area contributed by atoms with Crippen LogP contribution in [-0.2, 0) is 20.7 Å². The lowest BCUT2D eigenvalue weighted by Crippen LogP contribution is -2.48. The fourth-order valence-corrected chi connectivity index (χ4v) is 3.14. The van der Waals surface area contributed by atoms with E-state index in [0.717, 1.165) is 25.7 Å². The van der Waals surface area contributed by atoms with Crippen LogP contribution >= 0.6 is 11.3 Å². The smallest absolute Gasteiger partial charge is 0.334 e. The second kappa shape index (κ2) is 8.14. The molecule has 5 nitrogen and oxygen atoms in total. The number of aryl methyl sites for hydroxylation is 1. The number of carbonyl (C=O) groups excluding carboxylic acids is 1. The van der Waals surface area contributed by atoms with Crippen molar-refractivity contribution in [3.63, 3.8) is 0 Å². The van der Waals surface area contributed by atoms with Gasteiger partial charge in [0.1, 0.15) is 0 Å². The van der Waals surface area contributed by atoms with Crippen LogP contribution < -0.4 is 0 Å². The van der Waals surface area contributed by atoms with Crippen molar-refractivity contribution in [3.8, 4) is 0 Å². The minimum atomic E-state index is -0.997. The summed E-state index contributed by atoms with van der Waals surface area (Å²) in [4.78, 5) is 25.9. The highest BCUT2D eigenvalue weighted by Crippen LogP contribution is 2.14. The number of carboxylic acids is 1. The van der Waals surface area contributed by atoms with E-state index in [2.05, 4.69) is 17.5 Å². The van der Waals surface area contributed by atoms with Gasteiger partial charge < -0.3 is 14.7 Å². The van der Waals surface area contributed by atoms with Crippen molar-refractivity contribution in [1.82, 2.24) is 4.90 Å². The molecule has 1 unspecified atom stereocenters. The maximum atomic E-state index is 12.0. The first-order valence-corrected chi connectivity index (χ1v) is 8.19. The Balaban J connectivity index is 1.61. The molecule has 0 spiro atoms. The van der Waals surface area contributed by atoms with E-state index < -0.39 is 12.1 Å². The molecule has 1 fully saturated rings. The Labute approximate surface area is 128 Å². The lowest BCUT2D eigenvalue weighted by molar-refractivity contribution is -0.159. The lowest BCUT2D eigenvalue weighted by atomic mass is 10.1. The summed E-state index contributed by atoms with van der Waals surface area (Å²) in [7, 11) is 0. The third-order valence-electron chi connectivity index (χ3n) is 3.59. The van der Waals surface area contributed by atoms with Gasteiger partial charge in [-0.1, -0.05) is 12.5 Å². The molecule has 116 valence electrons. The van der Waals surface area contributed by atoms with Crippen LogP contribution in [-0.4, -0.2) is 47.7 Å². The number of amides is 1. The van der Waals surface area contributed by atoms with Gasteiger partial charge in [-0.15, -0.1) is 11.3 Å². The number of hydrogen-bond acceptors (Lipinski definition) is 4. The van der Waals surface area contributed by atoms with Crippen LogP contribution in [0.25, 0.3) is 0 Å². The first-order chi connectivity index (χ1) is 10.2. The van der Waals surface area contributed by atoms with E-state index in [-0.39, 0.29) is 12.5 Å². The summed E-state index contributed by atoms with van der Waals surface area (Å²) in [5, 5.41) is 11.0. The van der Waals surface area contributed by atoms with Gasteiger partial charge in [0.2, 0.25) is 5.91 Å². The molecule has 0 bridgehead atoms. The monoisotopic (exact) mass is 311 g/mol. The van der Waals surface area contributed by atoms with Gasteiger partial charge in [0.15, 0.2) is 6.10 Å². The Morgan fingerprint density at radius 2 is 2.24 bits per heavy atom. The van der Waals surface area contributed by atoms with E-state index in [1.165, 1.54) is 4.88 Å². The van der Waals surface area contributed by atoms with Crippen molar-refractivity contribution in [1.29, 1.82) is 0 Å². The molecule has 1 aromatic rings. The van der Waals surface area contributed by atoms with Crippen LogP contribution in [0, 0.1) is 0 Å². The number of carboxylic acid groups (broad SMARTS) is 1. The minimum Gasteiger partial charge on any atom is -0.479 e. The molecular formula is C15H21NO4S. The molecule has 21 heavy (non-hydrogen) atoms. The highest BCUT2D eigenvalue weighted by Gasteiger charge is 2.28. The van der Waals surface area contributed by atoms with Crippen molar-refractivity contribution < 1.29 is 19.4 Å². The molecule has 0 aromatic carbocycles. The lowest BCUT2D eigenvalue weighted by Gasteiger charge is -2.30. The summed E-state index contributed by atoms with van der Waals surface area (Å²) in [6.07, 6.45) is 3.67. The number of morpholine rings is 1. The van der Waals surface area contributed by atoms with Crippen LogP contribution in [0.1, 0.15) is 30.6 Å². The van der Waals surface area contributed by atoms with Crippen LogP contribution in [0.15, 0.2) is 17.5 Å². The summed E-state index contributed by atoms with van der Waals surface area (Å²) >= 11 is 1.77. The zero-order valence-electron chi connectivity index (χ0n) is 12.0. The van der Waals surface area contributed by atoms with Gasteiger partial charge in [-0.25, -0.2) is 4.79 Å². The Morgan fingerprint density at radius 1 is 1.38 bits per heavy atom. The van der Waals surface area contributed by atoms with Crippen molar-refractivity contribution in [3.05, 3.63) is 22.4 Å². The van der Waals surface area contributed by atoms with Crippen LogP contribution in [0.5, 0.6) is 0 Å². The van der Waals surface area contributed by atoms with E-state index in [9.17, 15) is 9.59 Å². The number of nitrogens with zero attached hydrogens (tertiary/aromatic N) is 1. The Kier molecular flexibility index (Phi) is 6.20. The number of thiophene rings is 1. The molecule has 1 aromatic heterocycles. The molecule has 6 heteroatoms. The largest absolute Gasteiger partial charge is 0.479 e. The summed E-state index contributed by atoms with van der Waals surface area (Å²) in [5.41, 5.74) is 0. The molecular weight excluding hydrogens is 290 g/mol. The van der Waals surface area contributed by atoms with E-state index in [4.69, 9.17) is 9.84 Å². The van der Waals surface area contributed by atoms with Crippen LogP contribution in [0.4, 0.5) is 0 Å². The van der Waals surface area contributed by atoms with Gasteiger partial charge in [-0.3, -0.25) is 4.79 Å². The molecule has 1 aliphatic heterocycles. The first kappa shape index (κ1) is 16.0. The number of hydrogen-bond donors (Lipinski definition) is 1. The standard InChI is InChI=1S/C15H21NO4S/c17-14(16-8-9-20-13(11-16)15(18)19)7-3-1-2-5-12-6-4-10-21-12/h4,6,10,13H,1-3,5,7-9,11H2,(H,18,19). The average Bonchev–Trinajstić information content (AvgIpc) is 3.00. The third-order valence-corrected chi connectivity index (χ3v) is 4.52. The van der Waals surface area contributed by atoms with E-state index in [1.54, 1.807) is 16.2 Å². The Hall–Kier alpha value is -1.40. The van der Waals surface area contributed by atoms with Gasteiger partial charge in [-0.2, -0.15) is 0 Å². The fraction of sp³-hybridized carbons (Fsp3) is 0.600. The summed E-state index contributed by atoms with van der Waals surface area (Å²) in [6.45, 7) is 0.974. The van der Waals surface area contributed by atoms with Crippen molar-refractivity contribution >= 4 is 23.2 Å². The third kappa shape index (κ3) is 5.13. The quantitative estimate of drug-likeness (QED) is 0.784. The zero-order chi connectivity index (χ0) is 15.1. The van der Waals surface area contributed by atoms with E-state index in [0.29, 0.717) is 19.6 Å². The van der Waals surface area contributed by atoms with Gasteiger partial charge in [0.05, 0.1) is 13.2 Å². The highest BCUT2D eigenvalue weighted by molar-refractivity contribution is 7.09. The van der Waals surface area contributed by atoms with E-state index in [1.807, 2.05) is 0 Å². The number of unbranched alkanes of at least 4 members (excludes halogenated alkanes) is 2. The number of aliphatic carboxylic acids is 1. The molecule has 0 aliphatic carbocycles. The summed E-state index contributed by atoms with van der Waals surface area (Å²) < 4.78 is 5.11. The number of carbonyl (C=O) groups is 2. The number of rotatable bonds is 7. The Morgan fingerprint density at radius 3 is 2.95 bits per heavy atom. The second-order valence-corrected chi connectivity index (χ2v) is 6.21. The normalized spacial score (nSPS) is 18.7. The average molecular weight is 311 g/mol. The van der Waals surface area contributed by atoms with Gasteiger partial charge >= 0.3 is 5.97 Å². The zero-order valence-corrected chi connectivity index (χ0v) is 12.8. The van der Waals surface area contributed by atoms with Gasteiger partial charge in [-0.05, 0) is 30.7 Å². The minimum absolute atomic E-state index is 0.0423.